The monoisotopic (exact) mass is 329 g/mol. The molecule has 0 fully saturated rings. The number of aryl methyl sites for hydroxylation is 1. The predicted octanol–water partition coefficient (Wildman–Crippen LogP) is 3.81. The third-order valence-corrected chi connectivity index (χ3v) is 3.90. The van der Waals surface area contributed by atoms with Gasteiger partial charge in [0.25, 0.3) is 0 Å². The molecule has 92 valence electrons. The summed E-state index contributed by atoms with van der Waals surface area (Å²) in [6.45, 7) is 1.52. The number of aromatic nitrogens is 3. The molecule has 0 bridgehead atoms. The zero-order valence-electron chi connectivity index (χ0n) is 9.12. The fourth-order valence-corrected chi connectivity index (χ4v) is 2.86. The van der Waals surface area contributed by atoms with Gasteiger partial charge in [-0.1, -0.05) is 11.3 Å². The number of hydrogen-bond donors (Lipinski definition) is 0. The number of imidazole rings is 1. The third kappa shape index (κ3) is 1.83. The van der Waals surface area contributed by atoms with Crippen molar-refractivity contribution in [1.29, 1.82) is 0 Å². The van der Waals surface area contributed by atoms with Gasteiger partial charge < -0.3 is 0 Å². The van der Waals surface area contributed by atoms with Crippen molar-refractivity contribution < 1.29 is 8.78 Å². The molecule has 1 aromatic carbocycles. The van der Waals surface area contributed by atoms with Crippen molar-refractivity contribution in [2.75, 3.05) is 0 Å². The van der Waals surface area contributed by atoms with E-state index in [0.717, 1.165) is 6.07 Å². The quantitative estimate of drug-likeness (QED) is 0.679. The highest BCUT2D eigenvalue weighted by Crippen LogP contribution is 2.27. The minimum absolute atomic E-state index is 0.145. The van der Waals surface area contributed by atoms with E-state index in [1.165, 1.54) is 28.8 Å². The van der Waals surface area contributed by atoms with Crippen molar-refractivity contribution in [1.82, 2.24) is 14.6 Å². The zero-order chi connectivity index (χ0) is 12.9. The Morgan fingerprint density at radius 1 is 1.28 bits per heavy atom. The molecule has 0 radical (unpaired) electrons. The average molecular weight is 330 g/mol. The average Bonchev–Trinajstić information content (AvgIpc) is 2.80. The van der Waals surface area contributed by atoms with Crippen LogP contribution in [0, 0.1) is 18.6 Å². The Balaban J connectivity index is 2.19. The summed E-state index contributed by atoms with van der Waals surface area (Å²) < 4.78 is 29.5. The fraction of sp³-hybridized carbons (Fsp3) is 0.0909. The van der Waals surface area contributed by atoms with E-state index in [9.17, 15) is 8.78 Å². The SMILES string of the molecule is Cc1cc(F)c(-c2cn3nc(Br)sc3n2)cc1F. The number of fused-ring (bicyclic) bond motifs is 1. The van der Waals surface area contributed by atoms with Gasteiger partial charge in [-0.15, -0.1) is 5.10 Å². The van der Waals surface area contributed by atoms with Gasteiger partial charge >= 0.3 is 0 Å². The fourth-order valence-electron chi connectivity index (χ4n) is 1.65. The van der Waals surface area contributed by atoms with Gasteiger partial charge in [-0.25, -0.2) is 18.3 Å². The Kier molecular flexibility index (Phi) is 2.67. The summed E-state index contributed by atoms with van der Waals surface area (Å²) in [7, 11) is 0. The van der Waals surface area contributed by atoms with E-state index >= 15 is 0 Å². The molecule has 3 rings (SSSR count). The van der Waals surface area contributed by atoms with E-state index in [1.54, 1.807) is 6.20 Å². The summed E-state index contributed by atoms with van der Waals surface area (Å²) in [4.78, 5) is 4.84. The van der Waals surface area contributed by atoms with E-state index in [-0.39, 0.29) is 11.1 Å². The third-order valence-electron chi connectivity index (χ3n) is 2.54. The lowest BCUT2D eigenvalue weighted by Gasteiger charge is -2.02. The van der Waals surface area contributed by atoms with Crippen LogP contribution in [0.25, 0.3) is 16.2 Å². The maximum atomic E-state index is 13.8. The highest BCUT2D eigenvalue weighted by atomic mass is 79.9. The molecular formula is C11H6BrF2N3S. The molecule has 0 aliphatic carbocycles. The Hall–Kier alpha value is -1.34. The van der Waals surface area contributed by atoms with Crippen LogP contribution in [0.4, 0.5) is 8.78 Å². The molecule has 3 aromatic rings. The van der Waals surface area contributed by atoms with E-state index in [0.29, 0.717) is 14.6 Å². The molecule has 7 heteroatoms. The summed E-state index contributed by atoms with van der Waals surface area (Å²) in [5, 5.41) is 4.10. The molecule has 0 unspecified atom stereocenters. The molecule has 0 aliphatic heterocycles. The first-order valence-electron chi connectivity index (χ1n) is 5.02. The molecule has 0 spiro atoms. The predicted molar refractivity (Wildman–Crippen MR) is 68.7 cm³/mol. The molecule has 3 nitrogen and oxygen atoms in total. The normalized spacial score (nSPS) is 11.3. The maximum absolute atomic E-state index is 13.8. The van der Waals surface area contributed by atoms with E-state index in [1.807, 2.05) is 0 Å². The molecular weight excluding hydrogens is 324 g/mol. The standard InChI is InChI=1S/C11H6BrF2N3S/c1-5-2-8(14)6(3-7(5)13)9-4-17-11(15-9)18-10(12)16-17/h2-4H,1H3. The smallest absolute Gasteiger partial charge is 0.213 e. The lowest BCUT2D eigenvalue weighted by Crippen LogP contribution is -1.90. The second-order valence-corrected chi connectivity index (χ2v) is 6.02. The second-order valence-electron chi connectivity index (χ2n) is 3.79. The molecule has 0 N–H and O–H groups in total. The lowest BCUT2D eigenvalue weighted by atomic mass is 10.1. The summed E-state index contributed by atoms with van der Waals surface area (Å²) in [5.41, 5.74) is 0.794. The lowest BCUT2D eigenvalue weighted by molar-refractivity contribution is 0.595. The minimum atomic E-state index is -0.487. The molecule has 0 saturated heterocycles. The summed E-state index contributed by atoms with van der Waals surface area (Å²) in [6.07, 6.45) is 1.57. The van der Waals surface area contributed by atoms with Crippen LogP contribution in [-0.4, -0.2) is 14.6 Å². The second kappa shape index (κ2) is 4.10. The van der Waals surface area contributed by atoms with Crippen LogP contribution in [0.15, 0.2) is 22.2 Å². The van der Waals surface area contributed by atoms with Gasteiger partial charge in [0.15, 0.2) is 3.92 Å². The van der Waals surface area contributed by atoms with Crippen LogP contribution in [0.3, 0.4) is 0 Å². The Labute approximate surface area is 113 Å². The number of hydrogen-bond acceptors (Lipinski definition) is 3. The van der Waals surface area contributed by atoms with Crippen LogP contribution < -0.4 is 0 Å². The van der Waals surface area contributed by atoms with Crippen molar-refractivity contribution >= 4 is 32.2 Å². The van der Waals surface area contributed by atoms with Gasteiger partial charge in [0.05, 0.1) is 11.9 Å². The van der Waals surface area contributed by atoms with Gasteiger partial charge in [0.1, 0.15) is 11.6 Å². The first kappa shape index (κ1) is 11.7. The topological polar surface area (TPSA) is 30.2 Å². The number of halogens is 3. The van der Waals surface area contributed by atoms with Crippen LogP contribution in [0.2, 0.25) is 0 Å². The molecule has 2 heterocycles. The van der Waals surface area contributed by atoms with Crippen molar-refractivity contribution in [3.05, 3.63) is 39.4 Å². The Morgan fingerprint density at radius 3 is 2.78 bits per heavy atom. The van der Waals surface area contributed by atoms with Gasteiger partial charge in [-0.05, 0) is 40.5 Å². The van der Waals surface area contributed by atoms with E-state index in [2.05, 4.69) is 26.0 Å². The summed E-state index contributed by atoms with van der Waals surface area (Å²) in [5.74, 6) is -0.935. The van der Waals surface area contributed by atoms with E-state index in [4.69, 9.17) is 0 Å². The number of rotatable bonds is 1. The molecule has 0 atom stereocenters. The van der Waals surface area contributed by atoms with Gasteiger partial charge in [0, 0.05) is 5.56 Å². The highest BCUT2D eigenvalue weighted by molar-refractivity contribution is 9.11. The van der Waals surface area contributed by atoms with E-state index < -0.39 is 11.6 Å². The Morgan fingerprint density at radius 2 is 2.06 bits per heavy atom. The first-order valence-corrected chi connectivity index (χ1v) is 6.63. The molecule has 0 saturated carbocycles. The maximum Gasteiger partial charge on any atom is 0.213 e. The van der Waals surface area contributed by atoms with Crippen LogP contribution >= 0.6 is 27.3 Å². The van der Waals surface area contributed by atoms with Crippen molar-refractivity contribution in [3.8, 4) is 11.3 Å². The van der Waals surface area contributed by atoms with Gasteiger partial charge in [-0.3, -0.25) is 0 Å². The van der Waals surface area contributed by atoms with Crippen LogP contribution in [-0.2, 0) is 0 Å². The van der Waals surface area contributed by atoms with Gasteiger partial charge in [-0.2, -0.15) is 0 Å². The van der Waals surface area contributed by atoms with Crippen LogP contribution in [0.1, 0.15) is 5.56 Å². The summed E-state index contributed by atoms with van der Waals surface area (Å²) >= 11 is 4.55. The molecule has 0 amide bonds. The largest absolute Gasteiger partial charge is 0.217 e. The molecule has 18 heavy (non-hydrogen) atoms. The van der Waals surface area contributed by atoms with Crippen molar-refractivity contribution in [3.63, 3.8) is 0 Å². The minimum Gasteiger partial charge on any atom is -0.217 e. The molecule has 0 aliphatic rings. The number of nitrogens with zero attached hydrogens (tertiary/aromatic N) is 3. The zero-order valence-corrected chi connectivity index (χ0v) is 11.5. The van der Waals surface area contributed by atoms with Gasteiger partial charge in [0.2, 0.25) is 4.96 Å². The van der Waals surface area contributed by atoms with Crippen molar-refractivity contribution in [2.24, 2.45) is 0 Å². The first-order chi connectivity index (χ1) is 8.54. The summed E-state index contributed by atoms with van der Waals surface area (Å²) in [6, 6.07) is 2.33. The van der Waals surface area contributed by atoms with Crippen LogP contribution in [0.5, 0.6) is 0 Å². The van der Waals surface area contributed by atoms with Crippen molar-refractivity contribution in [2.45, 2.75) is 6.92 Å². The highest BCUT2D eigenvalue weighted by Gasteiger charge is 2.14. The molecule has 2 aromatic heterocycles. The Bertz CT molecular complexity index is 719. The number of benzene rings is 1.